The molecule has 0 saturated heterocycles. The van der Waals surface area contributed by atoms with Crippen molar-refractivity contribution < 1.29 is 19.4 Å². The van der Waals surface area contributed by atoms with E-state index < -0.39 is 12.0 Å². The summed E-state index contributed by atoms with van der Waals surface area (Å²) in [5.41, 5.74) is 0.900. The van der Waals surface area contributed by atoms with Gasteiger partial charge < -0.3 is 19.7 Å². The number of carboxylic acids is 1. The van der Waals surface area contributed by atoms with Gasteiger partial charge in [0.2, 0.25) is 5.91 Å². The minimum Gasteiger partial charge on any atom is -0.497 e. The van der Waals surface area contributed by atoms with Gasteiger partial charge in [-0.25, -0.2) is 4.79 Å². The Balaban J connectivity index is 2.06. The summed E-state index contributed by atoms with van der Waals surface area (Å²) in [7, 11) is 1.60. The minimum atomic E-state index is -1.01. The fourth-order valence-corrected chi connectivity index (χ4v) is 2.80. The number of carbonyl (C=O) groups is 2. The number of carboxylic acid groups (broad SMARTS) is 1. The Labute approximate surface area is 138 Å². The Morgan fingerprint density at radius 2 is 2.17 bits per heavy atom. The number of methoxy groups -OCH3 is 1. The number of nitrogens with zero attached hydrogens (tertiary/aromatic N) is 1. The first kappa shape index (κ1) is 17.2. The van der Waals surface area contributed by atoms with Crippen LogP contribution < -0.4 is 10.1 Å². The van der Waals surface area contributed by atoms with Crippen molar-refractivity contribution in [2.45, 2.75) is 19.0 Å². The van der Waals surface area contributed by atoms with E-state index in [4.69, 9.17) is 9.84 Å². The van der Waals surface area contributed by atoms with Gasteiger partial charge in [0.1, 0.15) is 18.3 Å². The van der Waals surface area contributed by atoms with Crippen LogP contribution in [0, 0.1) is 0 Å². The van der Waals surface area contributed by atoms with E-state index in [1.165, 1.54) is 0 Å². The second-order valence-electron chi connectivity index (χ2n) is 5.11. The lowest BCUT2D eigenvalue weighted by Crippen LogP contribution is -2.42. The number of nitrogens with one attached hydrogen (secondary N) is 1. The Morgan fingerprint density at radius 1 is 1.39 bits per heavy atom. The molecule has 2 rings (SSSR count). The predicted molar refractivity (Wildman–Crippen MR) is 91.1 cm³/mol. The van der Waals surface area contributed by atoms with E-state index in [0.29, 0.717) is 12.2 Å². The van der Waals surface area contributed by atoms with Gasteiger partial charge in [-0.2, -0.15) is 11.8 Å². The maximum Gasteiger partial charge on any atom is 0.326 e. The Morgan fingerprint density at radius 3 is 2.83 bits per heavy atom. The quantitative estimate of drug-likeness (QED) is 0.770. The van der Waals surface area contributed by atoms with E-state index in [9.17, 15) is 9.59 Å². The van der Waals surface area contributed by atoms with Crippen molar-refractivity contribution >= 4 is 34.5 Å². The third kappa shape index (κ3) is 4.41. The summed E-state index contributed by atoms with van der Waals surface area (Å²) in [5.74, 6) is 0.118. The number of hydrogen-bond acceptors (Lipinski definition) is 4. The van der Waals surface area contributed by atoms with E-state index in [0.717, 1.165) is 16.7 Å². The molecule has 0 fully saturated rings. The summed E-state index contributed by atoms with van der Waals surface area (Å²) < 4.78 is 6.96. The first-order valence-electron chi connectivity index (χ1n) is 7.19. The molecular formula is C16H20N2O4S. The molecule has 2 aromatic rings. The first-order valence-corrected chi connectivity index (χ1v) is 8.58. The summed E-state index contributed by atoms with van der Waals surface area (Å²) in [5, 5.41) is 12.7. The Bertz CT molecular complexity index is 698. The summed E-state index contributed by atoms with van der Waals surface area (Å²) in [6, 6.07) is 6.64. The maximum atomic E-state index is 12.1. The van der Waals surface area contributed by atoms with Gasteiger partial charge in [-0.15, -0.1) is 0 Å². The zero-order valence-corrected chi connectivity index (χ0v) is 13.9. The van der Waals surface area contributed by atoms with Gasteiger partial charge in [0.25, 0.3) is 0 Å². The lowest BCUT2D eigenvalue weighted by molar-refractivity contribution is -0.141. The van der Waals surface area contributed by atoms with Gasteiger partial charge in [0.05, 0.1) is 7.11 Å². The van der Waals surface area contributed by atoms with Crippen LogP contribution >= 0.6 is 11.8 Å². The normalized spacial score (nSPS) is 12.1. The zero-order valence-electron chi connectivity index (χ0n) is 13.1. The van der Waals surface area contributed by atoms with Gasteiger partial charge in [-0.05, 0) is 42.7 Å². The van der Waals surface area contributed by atoms with Crippen molar-refractivity contribution in [2.75, 3.05) is 19.1 Å². The summed E-state index contributed by atoms with van der Waals surface area (Å²) >= 11 is 1.55. The van der Waals surface area contributed by atoms with Crippen LogP contribution in [0.2, 0.25) is 0 Å². The number of ether oxygens (including phenoxy) is 1. The van der Waals surface area contributed by atoms with Crippen LogP contribution in [0.3, 0.4) is 0 Å². The molecule has 23 heavy (non-hydrogen) atoms. The van der Waals surface area contributed by atoms with Crippen LogP contribution in [0.25, 0.3) is 10.9 Å². The summed E-state index contributed by atoms with van der Waals surface area (Å²) in [4.78, 5) is 23.3. The van der Waals surface area contributed by atoms with Crippen LogP contribution in [-0.4, -0.2) is 46.7 Å². The summed E-state index contributed by atoms with van der Waals surface area (Å²) in [6.45, 7) is 0.0822. The fourth-order valence-electron chi connectivity index (χ4n) is 2.33. The molecule has 1 heterocycles. The SMILES string of the molecule is COc1ccc2c(ccn2CC(=O)N[C@@H](CCSC)C(=O)O)c1. The topological polar surface area (TPSA) is 80.6 Å². The van der Waals surface area contributed by atoms with Crippen LogP contribution in [-0.2, 0) is 16.1 Å². The standard InChI is InChI=1S/C16H20N2O4S/c1-22-12-3-4-14-11(9-12)5-7-18(14)10-15(19)17-13(16(20)21)6-8-23-2/h3-5,7,9,13H,6,8,10H2,1-2H3,(H,17,19)(H,20,21)/t13-/m0/s1. The van der Waals surface area contributed by atoms with Crippen molar-refractivity contribution in [2.24, 2.45) is 0 Å². The molecule has 7 heteroatoms. The van der Waals surface area contributed by atoms with Gasteiger partial charge in [-0.1, -0.05) is 0 Å². The number of aromatic nitrogens is 1. The molecule has 0 aliphatic rings. The molecule has 1 atom stereocenters. The number of carbonyl (C=O) groups excluding carboxylic acids is 1. The monoisotopic (exact) mass is 336 g/mol. The van der Waals surface area contributed by atoms with Crippen molar-refractivity contribution in [1.82, 2.24) is 9.88 Å². The molecule has 2 N–H and O–H groups in total. The first-order chi connectivity index (χ1) is 11.0. The lowest BCUT2D eigenvalue weighted by Gasteiger charge is -2.14. The summed E-state index contributed by atoms with van der Waals surface area (Å²) in [6.07, 6.45) is 4.12. The van der Waals surface area contributed by atoms with E-state index in [1.807, 2.05) is 30.5 Å². The van der Waals surface area contributed by atoms with Gasteiger partial charge in [0.15, 0.2) is 0 Å². The van der Waals surface area contributed by atoms with E-state index in [1.54, 1.807) is 29.6 Å². The van der Waals surface area contributed by atoms with E-state index >= 15 is 0 Å². The lowest BCUT2D eigenvalue weighted by atomic mass is 10.2. The molecule has 0 radical (unpaired) electrons. The zero-order chi connectivity index (χ0) is 16.8. The molecule has 0 saturated carbocycles. The van der Waals surface area contributed by atoms with Crippen molar-refractivity contribution in [1.29, 1.82) is 0 Å². The maximum absolute atomic E-state index is 12.1. The minimum absolute atomic E-state index is 0.0822. The second kappa shape index (κ2) is 7.92. The third-order valence-corrected chi connectivity index (χ3v) is 4.18. The number of hydrogen-bond donors (Lipinski definition) is 2. The molecule has 1 aromatic carbocycles. The largest absolute Gasteiger partial charge is 0.497 e. The predicted octanol–water partition coefficient (Wildman–Crippen LogP) is 1.97. The molecule has 0 bridgehead atoms. The van der Waals surface area contributed by atoms with Crippen molar-refractivity contribution in [3.63, 3.8) is 0 Å². The molecule has 6 nitrogen and oxygen atoms in total. The Kier molecular flexibility index (Phi) is 5.92. The van der Waals surface area contributed by atoms with Crippen LogP contribution in [0.4, 0.5) is 0 Å². The fraction of sp³-hybridized carbons (Fsp3) is 0.375. The number of rotatable bonds is 8. The van der Waals surface area contributed by atoms with Crippen molar-refractivity contribution in [3.05, 3.63) is 30.5 Å². The van der Waals surface area contributed by atoms with Crippen LogP contribution in [0.15, 0.2) is 30.5 Å². The highest BCUT2D eigenvalue weighted by Gasteiger charge is 2.19. The number of benzene rings is 1. The molecule has 124 valence electrons. The molecule has 1 amide bonds. The van der Waals surface area contributed by atoms with Crippen molar-refractivity contribution in [3.8, 4) is 5.75 Å². The van der Waals surface area contributed by atoms with E-state index in [2.05, 4.69) is 5.32 Å². The number of aliphatic carboxylic acids is 1. The van der Waals surface area contributed by atoms with Gasteiger partial charge in [-0.3, -0.25) is 4.79 Å². The Hall–Kier alpha value is -2.15. The molecule has 0 aliphatic carbocycles. The highest BCUT2D eigenvalue weighted by molar-refractivity contribution is 7.98. The number of amides is 1. The smallest absolute Gasteiger partial charge is 0.326 e. The number of fused-ring (bicyclic) bond motifs is 1. The average molecular weight is 336 g/mol. The molecule has 0 aliphatic heterocycles. The average Bonchev–Trinajstić information content (AvgIpc) is 2.93. The molecule has 0 unspecified atom stereocenters. The van der Waals surface area contributed by atoms with Crippen LogP contribution in [0.1, 0.15) is 6.42 Å². The van der Waals surface area contributed by atoms with Gasteiger partial charge >= 0.3 is 5.97 Å². The van der Waals surface area contributed by atoms with Crippen LogP contribution in [0.5, 0.6) is 5.75 Å². The third-order valence-electron chi connectivity index (χ3n) is 3.54. The van der Waals surface area contributed by atoms with E-state index in [-0.39, 0.29) is 12.5 Å². The molecule has 1 aromatic heterocycles. The second-order valence-corrected chi connectivity index (χ2v) is 6.09. The molecular weight excluding hydrogens is 316 g/mol. The number of thioether (sulfide) groups is 1. The van der Waals surface area contributed by atoms with Gasteiger partial charge in [0, 0.05) is 17.1 Å². The highest BCUT2D eigenvalue weighted by atomic mass is 32.2. The molecule has 0 spiro atoms. The highest BCUT2D eigenvalue weighted by Crippen LogP contribution is 2.21.